The van der Waals surface area contributed by atoms with E-state index in [-0.39, 0.29) is 0 Å². The Balaban J connectivity index is 2.26. The van der Waals surface area contributed by atoms with Crippen LogP contribution in [0.3, 0.4) is 0 Å². The molecule has 1 saturated heterocycles. The zero-order chi connectivity index (χ0) is 13.0. The predicted molar refractivity (Wildman–Crippen MR) is 75.5 cm³/mol. The number of hydrogen-bond acceptors (Lipinski definition) is 5. The van der Waals surface area contributed by atoms with E-state index in [1.54, 1.807) is 7.11 Å². The molecule has 100 valence electrons. The fourth-order valence-corrected chi connectivity index (χ4v) is 2.44. The van der Waals surface area contributed by atoms with Crippen molar-refractivity contribution in [1.82, 2.24) is 9.97 Å². The molecule has 5 nitrogen and oxygen atoms in total. The van der Waals surface area contributed by atoms with Crippen molar-refractivity contribution in [1.29, 1.82) is 0 Å². The molecule has 1 aromatic rings. The van der Waals surface area contributed by atoms with Crippen molar-refractivity contribution in [3.63, 3.8) is 0 Å². The van der Waals surface area contributed by atoms with E-state index in [9.17, 15) is 0 Å². The Kier molecular flexibility index (Phi) is 4.77. The molecule has 1 aliphatic rings. The highest BCUT2D eigenvalue weighted by Crippen LogP contribution is 2.25. The smallest absolute Gasteiger partial charge is 0.227 e. The van der Waals surface area contributed by atoms with Crippen LogP contribution in [0.15, 0.2) is 4.47 Å². The van der Waals surface area contributed by atoms with Gasteiger partial charge in [0.2, 0.25) is 5.95 Å². The summed E-state index contributed by atoms with van der Waals surface area (Å²) in [6, 6.07) is 0. The summed E-state index contributed by atoms with van der Waals surface area (Å²) >= 11 is 3.41. The highest BCUT2D eigenvalue weighted by atomic mass is 79.9. The van der Waals surface area contributed by atoms with Crippen LogP contribution in [0.25, 0.3) is 0 Å². The fraction of sp³-hybridized carbons (Fsp3) is 0.667. The van der Waals surface area contributed by atoms with Crippen molar-refractivity contribution in [2.75, 3.05) is 30.8 Å². The van der Waals surface area contributed by atoms with Gasteiger partial charge in [-0.05, 0) is 28.8 Å². The maximum atomic E-state index is 5.92. The Morgan fingerprint density at radius 1 is 1.22 bits per heavy atom. The van der Waals surface area contributed by atoms with Crippen molar-refractivity contribution >= 4 is 27.7 Å². The van der Waals surface area contributed by atoms with Gasteiger partial charge < -0.3 is 15.4 Å². The topological polar surface area (TPSA) is 64.3 Å². The molecule has 0 saturated carbocycles. The molecule has 0 atom stereocenters. The highest BCUT2D eigenvalue weighted by Gasteiger charge is 2.16. The summed E-state index contributed by atoms with van der Waals surface area (Å²) in [6.07, 6.45) is 4.96. The maximum Gasteiger partial charge on any atom is 0.227 e. The van der Waals surface area contributed by atoms with Crippen molar-refractivity contribution in [3.05, 3.63) is 10.2 Å². The summed E-state index contributed by atoms with van der Waals surface area (Å²) in [6.45, 7) is 2.45. The quantitative estimate of drug-likeness (QED) is 0.927. The van der Waals surface area contributed by atoms with Crippen LogP contribution in [-0.2, 0) is 11.3 Å². The second-order valence-electron chi connectivity index (χ2n) is 4.50. The first-order chi connectivity index (χ1) is 8.72. The van der Waals surface area contributed by atoms with E-state index in [1.807, 2.05) is 0 Å². The summed E-state index contributed by atoms with van der Waals surface area (Å²) in [7, 11) is 1.65. The lowest BCUT2D eigenvalue weighted by Gasteiger charge is -2.21. The van der Waals surface area contributed by atoms with Gasteiger partial charge in [0.1, 0.15) is 5.82 Å². The zero-order valence-corrected chi connectivity index (χ0v) is 12.2. The number of aromatic nitrogens is 2. The summed E-state index contributed by atoms with van der Waals surface area (Å²) in [4.78, 5) is 11.1. The average molecular weight is 315 g/mol. The van der Waals surface area contributed by atoms with E-state index in [0.29, 0.717) is 12.4 Å². The lowest BCUT2D eigenvalue weighted by atomic mass is 10.2. The van der Waals surface area contributed by atoms with E-state index in [1.165, 1.54) is 25.7 Å². The molecule has 1 aliphatic heterocycles. The molecule has 0 bridgehead atoms. The summed E-state index contributed by atoms with van der Waals surface area (Å²) in [5.41, 5.74) is 6.73. The SMILES string of the molecule is COCc1nc(N2CCCCCC2)nc(N)c1Br. The van der Waals surface area contributed by atoms with Crippen LogP contribution < -0.4 is 10.6 Å². The van der Waals surface area contributed by atoms with E-state index in [2.05, 4.69) is 30.8 Å². The van der Waals surface area contributed by atoms with Gasteiger partial charge >= 0.3 is 0 Å². The molecular formula is C12H19BrN4O. The maximum absolute atomic E-state index is 5.92. The van der Waals surface area contributed by atoms with Crippen LogP contribution >= 0.6 is 15.9 Å². The van der Waals surface area contributed by atoms with Gasteiger partial charge in [0.15, 0.2) is 0 Å². The Labute approximate surface area is 116 Å². The molecule has 6 heteroatoms. The van der Waals surface area contributed by atoms with Gasteiger partial charge in [0.25, 0.3) is 0 Å². The molecule has 0 unspecified atom stereocenters. The highest BCUT2D eigenvalue weighted by molar-refractivity contribution is 9.10. The number of nitrogen functional groups attached to an aromatic ring is 1. The third-order valence-corrected chi connectivity index (χ3v) is 3.97. The van der Waals surface area contributed by atoms with Gasteiger partial charge in [0, 0.05) is 20.2 Å². The molecule has 0 radical (unpaired) electrons. The predicted octanol–water partition coefficient (Wildman–Crippen LogP) is 2.35. The number of halogens is 1. The Morgan fingerprint density at radius 3 is 2.50 bits per heavy atom. The van der Waals surface area contributed by atoms with Crippen molar-refractivity contribution in [2.24, 2.45) is 0 Å². The van der Waals surface area contributed by atoms with Gasteiger partial charge in [-0.2, -0.15) is 4.98 Å². The number of anilines is 2. The average Bonchev–Trinajstić information content (AvgIpc) is 2.63. The zero-order valence-electron chi connectivity index (χ0n) is 10.7. The first-order valence-corrected chi connectivity index (χ1v) is 7.07. The van der Waals surface area contributed by atoms with Crippen molar-refractivity contribution in [3.8, 4) is 0 Å². The van der Waals surface area contributed by atoms with E-state index in [4.69, 9.17) is 10.5 Å². The standard InChI is InChI=1S/C12H19BrN4O/c1-18-8-9-10(13)11(14)16-12(15-9)17-6-4-2-3-5-7-17/h2-8H2,1H3,(H2,14,15,16). The third kappa shape index (κ3) is 3.11. The molecule has 1 fully saturated rings. The van der Waals surface area contributed by atoms with Crippen LogP contribution in [0.4, 0.5) is 11.8 Å². The number of methoxy groups -OCH3 is 1. The molecule has 0 amide bonds. The third-order valence-electron chi connectivity index (χ3n) is 3.10. The first kappa shape index (κ1) is 13.5. The van der Waals surface area contributed by atoms with Crippen molar-refractivity contribution < 1.29 is 4.74 Å². The van der Waals surface area contributed by atoms with E-state index in [0.717, 1.165) is 29.2 Å². The summed E-state index contributed by atoms with van der Waals surface area (Å²) in [5, 5.41) is 0. The largest absolute Gasteiger partial charge is 0.383 e. The lowest BCUT2D eigenvalue weighted by molar-refractivity contribution is 0.181. The minimum absolute atomic E-state index is 0.439. The molecule has 2 heterocycles. The number of nitrogens with zero attached hydrogens (tertiary/aromatic N) is 3. The molecule has 2 N–H and O–H groups in total. The van der Waals surface area contributed by atoms with Gasteiger partial charge in [-0.3, -0.25) is 0 Å². The minimum Gasteiger partial charge on any atom is -0.383 e. The van der Waals surface area contributed by atoms with Gasteiger partial charge in [-0.15, -0.1) is 0 Å². The van der Waals surface area contributed by atoms with Gasteiger partial charge in [0.05, 0.1) is 16.8 Å². The second kappa shape index (κ2) is 6.33. The summed E-state index contributed by atoms with van der Waals surface area (Å²) < 4.78 is 5.88. The molecule has 1 aromatic heterocycles. The van der Waals surface area contributed by atoms with E-state index >= 15 is 0 Å². The number of ether oxygens (including phenoxy) is 1. The molecular weight excluding hydrogens is 296 g/mol. The first-order valence-electron chi connectivity index (χ1n) is 6.28. The van der Waals surface area contributed by atoms with Crippen molar-refractivity contribution in [2.45, 2.75) is 32.3 Å². The number of nitrogens with two attached hydrogens (primary N) is 1. The molecule has 0 aliphatic carbocycles. The van der Waals surface area contributed by atoms with Crippen LogP contribution in [0.1, 0.15) is 31.4 Å². The Bertz CT molecular complexity index is 405. The number of hydrogen-bond donors (Lipinski definition) is 1. The van der Waals surface area contributed by atoms with Crippen LogP contribution in [0, 0.1) is 0 Å². The minimum atomic E-state index is 0.439. The number of rotatable bonds is 3. The molecule has 2 rings (SSSR count). The molecule has 18 heavy (non-hydrogen) atoms. The summed E-state index contributed by atoms with van der Waals surface area (Å²) in [5.74, 6) is 1.21. The molecule has 0 aromatic carbocycles. The van der Waals surface area contributed by atoms with Crippen LogP contribution in [0.2, 0.25) is 0 Å². The Morgan fingerprint density at radius 2 is 1.89 bits per heavy atom. The van der Waals surface area contributed by atoms with Crippen LogP contribution in [-0.4, -0.2) is 30.2 Å². The lowest BCUT2D eigenvalue weighted by Crippen LogP contribution is -2.27. The molecule has 0 spiro atoms. The van der Waals surface area contributed by atoms with Crippen LogP contribution in [0.5, 0.6) is 0 Å². The normalized spacial score (nSPS) is 16.7. The second-order valence-corrected chi connectivity index (χ2v) is 5.30. The Hall–Kier alpha value is -0.880. The monoisotopic (exact) mass is 314 g/mol. The van der Waals surface area contributed by atoms with Gasteiger partial charge in [-0.1, -0.05) is 12.8 Å². The van der Waals surface area contributed by atoms with E-state index < -0.39 is 0 Å². The van der Waals surface area contributed by atoms with Gasteiger partial charge in [-0.25, -0.2) is 4.98 Å². The fourth-order valence-electron chi connectivity index (χ4n) is 2.14.